The minimum atomic E-state index is -0.267. The van der Waals surface area contributed by atoms with Crippen LogP contribution in [-0.2, 0) is 17.8 Å². The number of hydrogen-bond acceptors (Lipinski definition) is 3. The van der Waals surface area contributed by atoms with Crippen LogP contribution in [0, 0.1) is 12.7 Å². The molecule has 1 amide bonds. The summed E-state index contributed by atoms with van der Waals surface area (Å²) in [5.74, 6) is 1.81. The standard InChI is InChI=1S/C20H23FN2O2/c1-14-2-7-17(25-14)13-22-10-8-19-18(22)9-11-23(19)20(24)12-15-3-5-16(21)6-4-15/h2-7,18-19H,8-13H2,1H3/t18-,19+/m0/s1. The van der Waals surface area contributed by atoms with Gasteiger partial charge in [0.15, 0.2) is 0 Å². The average Bonchev–Trinajstić information content (AvgIpc) is 3.28. The summed E-state index contributed by atoms with van der Waals surface area (Å²) in [7, 11) is 0. The zero-order chi connectivity index (χ0) is 17.4. The molecule has 0 unspecified atom stereocenters. The highest BCUT2D eigenvalue weighted by Crippen LogP contribution is 2.33. The quantitative estimate of drug-likeness (QED) is 0.856. The van der Waals surface area contributed by atoms with Crippen molar-refractivity contribution >= 4 is 5.91 Å². The van der Waals surface area contributed by atoms with E-state index in [9.17, 15) is 9.18 Å². The smallest absolute Gasteiger partial charge is 0.227 e. The van der Waals surface area contributed by atoms with E-state index in [0.29, 0.717) is 18.5 Å². The predicted octanol–water partition coefficient (Wildman–Crippen LogP) is 3.15. The van der Waals surface area contributed by atoms with Gasteiger partial charge in [-0.25, -0.2) is 4.39 Å². The van der Waals surface area contributed by atoms with Gasteiger partial charge in [-0.15, -0.1) is 0 Å². The Balaban J connectivity index is 1.39. The molecule has 2 atom stereocenters. The van der Waals surface area contributed by atoms with Crippen molar-refractivity contribution in [2.75, 3.05) is 13.1 Å². The third kappa shape index (κ3) is 3.33. The molecule has 2 aliphatic heterocycles. The van der Waals surface area contributed by atoms with E-state index in [0.717, 1.165) is 49.6 Å². The zero-order valence-corrected chi connectivity index (χ0v) is 14.5. The molecule has 3 heterocycles. The maximum atomic E-state index is 13.0. The second-order valence-corrected chi connectivity index (χ2v) is 7.09. The van der Waals surface area contributed by atoms with E-state index in [-0.39, 0.29) is 11.7 Å². The van der Waals surface area contributed by atoms with Crippen LogP contribution in [0.4, 0.5) is 4.39 Å². The molecule has 1 aromatic carbocycles. The number of furan rings is 1. The first kappa shape index (κ1) is 16.3. The van der Waals surface area contributed by atoms with Crippen molar-refractivity contribution in [1.82, 2.24) is 9.80 Å². The minimum Gasteiger partial charge on any atom is -0.465 e. The molecule has 1 aromatic heterocycles. The predicted molar refractivity (Wildman–Crippen MR) is 92.5 cm³/mol. The van der Waals surface area contributed by atoms with E-state index < -0.39 is 0 Å². The second kappa shape index (κ2) is 6.64. The average molecular weight is 342 g/mol. The van der Waals surface area contributed by atoms with Crippen LogP contribution in [0.25, 0.3) is 0 Å². The molecule has 2 aromatic rings. The Kier molecular flexibility index (Phi) is 4.34. The van der Waals surface area contributed by atoms with Crippen molar-refractivity contribution < 1.29 is 13.6 Å². The third-order valence-corrected chi connectivity index (χ3v) is 5.44. The van der Waals surface area contributed by atoms with Gasteiger partial charge in [0, 0.05) is 25.2 Å². The molecule has 0 spiro atoms. The Hall–Kier alpha value is -2.14. The molecule has 0 aliphatic carbocycles. The highest BCUT2D eigenvalue weighted by atomic mass is 19.1. The van der Waals surface area contributed by atoms with Gasteiger partial charge in [0.05, 0.1) is 13.0 Å². The van der Waals surface area contributed by atoms with Crippen LogP contribution in [0.5, 0.6) is 0 Å². The van der Waals surface area contributed by atoms with Gasteiger partial charge in [-0.05, 0) is 49.6 Å². The van der Waals surface area contributed by atoms with Crippen molar-refractivity contribution in [3.63, 3.8) is 0 Å². The number of fused-ring (bicyclic) bond motifs is 1. The van der Waals surface area contributed by atoms with Crippen LogP contribution in [0.3, 0.4) is 0 Å². The van der Waals surface area contributed by atoms with Gasteiger partial charge < -0.3 is 9.32 Å². The molecule has 0 saturated carbocycles. The van der Waals surface area contributed by atoms with E-state index in [1.54, 1.807) is 12.1 Å². The summed E-state index contributed by atoms with van der Waals surface area (Å²) in [4.78, 5) is 17.2. The molecule has 132 valence electrons. The van der Waals surface area contributed by atoms with Crippen molar-refractivity contribution in [2.45, 2.75) is 44.8 Å². The molecule has 0 N–H and O–H groups in total. The van der Waals surface area contributed by atoms with Gasteiger partial charge in [-0.2, -0.15) is 0 Å². The summed E-state index contributed by atoms with van der Waals surface area (Å²) in [5, 5.41) is 0. The fraction of sp³-hybridized carbons (Fsp3) is 0.450. The van der Waals surface area contributed by atoms with Crippen molar-refractivity contribution in [3.8, 4) is 0 Å². The molecule has 2 saturated heterocycles. The first-order valence-electron chi connectivity index (χ1n) is 8.93. The highest BCUT2D eigenvalue weighted by Gasteiger charge is 2.44. The number of aryl methyl sites for hydroxylation is 1. The Bertz CT molecular complexity index is 755. The number of hydrogen-bond donors (Lipinski definition) is 0. The number of halogens is 1. The van der Waals surface area contributed by atoms with E-state index in [2.05, 4.69) is 4.90 Å². The van der Waals surface area contributed by atoms with Crippen molar-refractivity contribution in [1.29, 1.82) is 0 Å². The van der Waals surface area contributed by atoms with Crippen LogP contribution in [0.15, 0.2) is 40.8 Å². The van der Waals surface area contributed by atoms with Gasteiger partial charge in [-0.3, -0.25) is 9.69 Å². The van der Waals surface area contributed by atoms with Crippen LogP contribution in [-0.4, -0.2) is 40.9 Å². The summed E-state index contributed by atoms with van der Waals surface area (Å²) in [6, 6.07) is 11.0. The van der Waals surface area contributed by atoms with Crippen LogP contribution in [0.2, 0.25) is 0 Å². The fourth-order valence-electron chi connectivity index (χ4n) is 4.23. The summed E-state index contributed by atoms with van der Waals surface area (Å²) >= 11 is 0. The SMILES string of the molecule is Cc1ccc(CN2CC[C@@H]3[C@@H]2CCN3C(=O)Cc2ccc(F)cc2)o1. The van der Waals surface area contributed by atoms with Crippen molar-refractivity contribution in [2.24, 2.45) is 0 Å². The van der Waals surface area contributed by atoms with E-state index in [1.807, 2.05) is 24.0 Å². The maximum Gasteiger partial charge on any atom is 0.227 e. The largest absolute Gasteiger partial charge is 0.465 e. The summed E-state index contributed by atoms with van der Waals surface area (Å²) in [6.07, 6.45) is 2.37. The lowest BCUT2D eigenvalue weighted by atomic mass is 10.1. The molecule has 5 heteroatoms. The van der Waals surface area contributed by atoms with E-state index in [1.165, 1.54) is 12.1 Å². The molecule has 4 nitrogen and oxygen atoms in total. The van der Waals surface area contributed by atoms with Crippen LogP contribution in [0.1, 0.15) is 29.9 Å². The summed E-state index contributed by atoms with van der Waals surface area (Å²) < 4.78 is 18.7. The Morgan fingerprint density at radius 2 is 1.88 bits per heavy atom. The molecule has 0 bridgehead atoms. The normalized spacial score (nSPS) is 23.2. The molecule has 25 heavy (non-hydrogen) atoms. The lowest BCUT2D eigenvalue weighted by Gasteiger charge is -2.25. The molecule has 0 radical (unpaired) electrons. The number of amides is 1. The molecular weight excluding hydrogens is 319 g/mol. The summed E-state index contributed by atoms with van der Waals surface area (Å²) in [6.45, 7) is 4.58. The van der Waals surface area contributed by atoms with Gasteiger partial charge in [0.25, 0.3) is 0 Å². The summed E-state index contributed by atoms with van der Waals surface area (Å²) in [5.41, 5.74) is 0.871. The van der Waals surface area contributed by atoms with Crippen LogP contribution < -0.4 is 0 Å². The monoisotopic (exact) mass is 342 g/mol. The first-order valence-corrected chi connectivity index (χ1v) is 8.93. The fourth-order valence-corrected chi connectivity index (χ4v) is 4.23. The zero-order valence-electron chi connectivity index (χ0n) is 14.5. The Morgan fingerprint density at radius 3 is 2.60 bits per heavy atom. The number of nitrogens with zero attached hydrogens (tertiary/aromatic N) is 2. The van der Waals surface area contributed by atoms with Gasteiger partial charge in [-0.1, -0.05) is 12.1 Å². The minimum absolute atomic E-state index is 0.148. The van der Waals surface area contributed by atoms with Gasteiger partial charge in [0.1, 0.15) is 17.3 Å². The van der Waals surface area contributed by atoms with E-state index >= 15 is 0 Å². The Morgan fingerprint density at radius 1 is 1.12 bits per heavy atom. The van der Waals surface area contributed by atoms with Gasteiger partial charge >= 0.3 is 0 Å². The molecule has 4 rings (SSSR count). The number of benzene rings is 1. The lowest BCUT2D eigenvalue weighted by molar-refractivity contribution is -0.131. The lowest BCUT2D eigenvalue weighted by Crippen LogP contribution is -2.40. The van der Waals surface area contributed by atoms with E-state index in [4.69, 9.17) is 4.42 Å². The van der Waals surface area contributed by atoms with Gasteiger partial charge in [0.2, 0.25) is 5.91 Å². The second-order valence-electron chi connectivity index (χ2n) is 7.09. The number of rotatable bonds is 4. The molecule has 2 aliphatic rings. The molecular formula is C20H23FN2O2. The van der Waals surface area contributed by atoms with Crippen LogP contribution >= 0.6 is 0 Å². The number of carbonyl (C=O) groups excluding carboxylic acids is 1. The Labute approximate surface area is 147 Å². The molecule has 2 fully saturated rings. The number of carbonyl (C=O) groups is 1. The highest BCUT2D eigenvalue weighted by molar-refractivity contribution is 5.79. The maximum absolute atomic E-state index is 13.0. The van der Waals surface area contributed by atoms with Crippen molar-refractivity contribution in [3.05, 3.63) is 59.3 Å². The topological polar surface area (TPSA) is 36.7 Å². The first-order chi connectivity index (χ1) is 12.1. The third-order valence-electron chi connectivity index (χ3n) is 5.44. The number of likely N-dealkylation sites (tertiary alicyclic amines) is 2.